The van der Waals surface area contributed by atoms with Gasteiger partial charge in [-0.2, -0.15) is 0 Å². The van der Waals surface area contributed by atoms with Crippen LogP contribution in [0, 0.1) is 5.92 Å². The number of anilines is 1. The van der Waals surface area contributed by atoms with E-state index in [0.29, 0.717) is 0 Å². The fourth-order valence-electron chi connectivity index (χ4n) is 3.85. The molecule has 2 heteroatoms. The lowest BCUT2D eigenvalue weighted by Gasteiger charge is -2.33. The smallest absolute Gasteiger partial charge is 0.0787 e. The molecule has 0 amide bonds. The molecule has 0 spiro atoms. The summed E-state index contributed by atoms with van der Waals surface area (Å²) in [4.78, 5) is 2.60. The number of benzene rings is 1. The number of aliphatic hydroxyl groups is 1. The number of hydrogen-bond donors (Lipinski definition) is 1. The van der Waals surface area contributed by atoms with Crippen molar-refractivity contribution in [1.29, 1.82) is 0 Å². The lowest BCUT2D eigenvalue weighted by molar-refractivity contribution is 0.173. The number of nitrogens with zero attached hydrogens (tertiary/aromatic N) is 1. The first-order valence-corrected chi connectivity index (χ1v) is 7.84. The molecular formula is C17H25NO. The molecule has 1 saturated carbocycles. The molecule has 1 heterocycles. The van der Waals surface area contributed by atoms with Crippen molar-refractivity contribution in [3.63, 3.8) is 0 Å². The van der Waals surface area contributed by atoms with Crippen LogP contribution in [-0.2, 0) is 0 Å². The molecule has 3 rings (SSSR count). The second-order valence-electron chi connectivity index (χ2n) is 6.11. The van der Waals surface area contributed by atoms with Crippen LogP contribution in [0.2, 0.25) is 0 Å². The van der Waals surface area contributed by atoms with Crippen LogP contribution < -0.4 is 4.90 Å². The highest BCUT2D eigenvalue weighted by molar-refractivity contribution is 5.50. The molecule has 1 aliphatic heterocycles. The fraction of sp³-hybridized carbons (Fsp3) is 0.647. The normalized spacial score (nSPS) is 28.2. The standard InChI is InChI=1S/C17H25NO/c1-2-17(19)14-7-9-15(10-8-14)18-12-11-13-5-3-4-6-16(13)18/h7-10,13,16-17,19H,2-6,11-12H2,1H3. The van der Waals surface area contributed by atoms with Gasteiger partial charge in [0.2, 0.25) is 0 Å². The first kappa shape index (κ1) is 13.0. The van der Waals surface area contributed by atoms with Gasteiger partial charge in [-0.15, -0.1) is 0 Å². The van der Waals surface area contributed by atoms with Crippen molar-refractivity contribution >= 4 is 5.69 Å². The summed E-state index contributed by atoms with van der Waals surface area (Å²) in [5.41, 5.74) is 2.40. The van der Waals surface area contributed by atoms with Crippen molar-refractivity contribution in [3.05, 3.63) is 29.8 Å². The van der Waals surface area contributed by atoms with Gasteiger partial charge in [-0.05, 0) is 49.3 Å². The average Bonchev–Trinajstić information content (AvgIpc) is 2.90. The molecule has 2 nitrogen and oxygen atoms in total. The maximum Gasteiger partial charge on any atom is 0.0787 e. The topological polar surface area (TPSA) is 23.5 Å². The maximum atomic E-state index is 9.86. The van der Waals surface area contributed by atoms with Crippen molar-refractivity contribution in [2.45, 2.75) is 57.6 Å². The largest absolute Gasteiger partial charge is 0.388 e. The fourth-order valence-corrected chi connectivity index (χ4v) is 3.85. The highest BCUT2D eigenvalue weighted by Gasteiger charge is 2.35. The minimum Gasteiger partial charge on any atom is -0.388 e. The first-order valence-electron chi connectivity index (χ1n) is 7.84. The van der Waals surface area contributed by atoms with Crippen LogP contribution in [0.1, 0.15) is 57.1 Å². The van der Waals surface area contributed by atoms with Crippen LogP contribution in [-0.4, -0.2) is 17.7 Å². The van der Waals surface area contributed by atoms with Gasteiger partial charge in [-0.3, -0.25) is 0 Å². The lowest BCUT2D eigenvalue weighted by atomic mass is 9.85. The second kappa shape index (κ2) is 5.54. The van der Waals surface area contributed by atoms with E-state index in [1.54, 1.807) is 0 Å². The van der Waals surface area contributed by atoms with Gasteiger partial charge in [0.15, 0.2) is 0 Å². The molecular weight excluding hydrogens is 234 g/mol. The Bertz CT molecular complexity index is 414. The summed E-state index contributed by atoms with van der Waals surface area (Å²) in [6.07, 6.45) is 7.45. The predicted octanol–water partition coefficient (Wildman–Crippen LogP) is 3.90. The molecule has 1 saturated heterocycles. The van der Waals surface area contributed by atoms with Crippen LogP contribution >= 0.6 is 0 Å². The number of fused-ring (bicyclic) bond motifs is 1. The van der Waals surface area contributed by atoms with Crippen molar-refractivity contribution in [1.82, 2.24) is 0 Å². The Kier molecular flexibility index (Phi) is 3.79. The lowest BCUT2D eigenvalue weighted by Crippen LogP contribution is -2.34. The van der Waals surface area contributed by atoms with E-state index in [0.717, 1.165) is 23.9 Å². The van der Waals surface area contributed by atoms with Gasteiger partial charge in [-0.1, -0.05) is 31.9 Å². The van der Waals surface area contributed by atoms with Gasteiger partial charge >= 0.3 is 0 Å². The summed E-state index contributed by atoms with van der Waals surface area (Å²) in [7, 11) is 0. The molecule has 0 radical (unpaired) electrons. The summed E-state index contributed by atoms with van der Waals surface area (Å²) in [5, 5.41) is 9.86. The Labute approximate surface area is 116 Å². The Hall–Kier alpha value is -1.02. The zero-order chi connectivity index (χ0) is 13.2. The molecule has 1 aliphatic carbocycles. The molecule has 0 bridgehead atoms. The van der Waals surface area contributed by atoms with E-state index < -0.39 is 0 Å². The highest BCUT2D eigenvalue weighted by Crippen LogP contribution is 2.38. The minimum atomic E-state index is -0.310. The molecule has 0 aromatic heterocycles. The monoisotopic (exact) mass is 259 g/mol. The highest BCUT2D eigenvalue weighted by atomic mass is 16.3. The SMILES string of the molecule is CCC(O)c1ccc(N2CCC3CCCCC32)cc1. The van der Waals surface area contributed by atoms with Gasteiger partial charge in [0.25, 0.3) is 0 Å². The molecule has 104 valence electrons. The number of aliphatic hydroxyl groups excluding tert-OH is 1. The predicted molar refractivity (Wildman–Crippen MR) is 79.4 cm³/mol. The van der Waals surface area contributed by atoms with Crippen LogP contribution in [0.4, 0.5) is 5.69 Å². The first-order chi connectivity index (χ1) is 9.29. The van der Waals surface area contributed by atoms with E-state index in [1.165, 1.54) is 44.3 Å². The maximum absolute atomic E-state index is 9.86. The minimum absolute atomic E-state index is 0.310. The van der Waals surface area contributed by atoms with Crippen molar-refractivity contribution in [2.75, 3.05) is 11.4 Å². The summed E-state index contributed by atoms with van der Waals surface area (Å²) in [6.45, 7) is 3.23. The van der Waals surface area contributed by atoms with E-state index in [-0.39, 0.29) is 6.10 Å². The van der Waals surface area contributed by atoms with Crippen molar-refractivity contribution in [2.24, 2.45) is 5.92 Å². The van der Waals surface area contributed by atoms with Gasteiger partial charge in [0, 0.05) is 18.3 Å². The van der Waals surface area contributed by atoms with Gasteiger partial charge < -0.3 is 10.0 Å². The molecule has 2 aliphatic rings. The van der Waals surface area contributed by atoms with E-state index in [9.17, 15) is 5.11 Å². The van der Waals surface area contributed by atoms with Crippen LogP contribution in [0.25, 0.3) is 0 Å². The molecule has 1 N–H and O–H groups in total. The van der Waals surface area contributed by atoms with Crippen molar-refractivity contribution in [3.8, 4) is 0 Å². The third-order valence-electron chi connectivity index (χ3n) is 5.01. The molecule has 3 atom stereocenters. The van der Waals surface area contributed by atoms with Gasteiger partial charge in [-0.25, -0.2) is 0 Å². The van der Waals surface area contributed by atoms with Crippen LogP contribution in [0.5, 0.6) is 0 Å². The number of hydrogen-bond acceptors (Lipinski definition) is 2. The summed E-state index contributed by atoms with van der Waals surface area (Å²) < 4.78 is 0. The zero-order valence-corrected chi connectivity index (χ0v) is 11.9. The molecule has 19 heavy (non-hydrogen) atoms. The Balaban J connectivity index is 1.75. The zero-order valence-electron chi connectivity index (χ0n) is 11.9. The van der Waals surface area contributed by atoms with E-state index in [1.807, 2.05) is 6.92 Å². The van der Waals surface area contributed by atoms with Crippen molar-refractivity contribution < 1.29 is 5.11 Å². The number of rotatable bonds is 3. The summed E-state index contributed by atoms with van der Waals surface area (Å²) >= 11 is 0. The van der Waals surface area contributed by atoms with E-state index in [4.69, 9.17) is 0 Å². The molecule has 3 unspecified atom stereocenters. The third-order valence-corrected chi connectivity index (χ3v) is 5.01. The average molecular weight is 259 g/mol. The third kappa shape index (κ3) is 2.51. The quantitative estimate of drug-likeness (QED) is 0.890. The molecule has 2 fully saturated rings. The van der Waals surface area contributed by atoms with Crippen LogP contribution in [0.15, 0.2) is 24.3 Å². The molecule has 1 aromatic carbocycles. The van der Waals surface area contributed by atoms with Crippen LogP contribution in [0.3, 0.4) is 0 Å². The Morgan fingerprint density at radius 2 is 1.89 bits per heavy atom. The van der Waals surface area contributed by atoms with Gasteiger partial charge in [0.05, 0.1) is 6.10 Å². The van der Waals surface area contributed by atoms with E-state index in [2.05, 4.69) is 29.2 Å². The summed E-state index contributed by atoms with van der Waals surface area (Å²) in [6, 6.07) is 9.37. The summed E-state index contributed by atoms with van der Waals surface area (Å²) in [5.74, 6) is 0.926. The second-order valence-corrected chi connectivity index (χ2v) is 6.11. The van der Waals surface area contributed by atoms with Gasteiger partial charge in [0.1, 0.15) is 0 Å². The Morgan fingerprint density at radius 3 is 2.63 bits per heavy atom. The Morgan fingerprint density at radius 1 is 1.16 bits per heavy atom. The van der Waals surface area contributed by atoms with E-state index >= 15 is 0 Å². The molecule has 1 aromatic rings.